The molecule has 6 heteroatoms. The summed E-state index contributed by atoms with van der Waals surface area (Å²) in [7, 11) is 0. The lowest BCUT2D eigenvalue weighted by Gasteiger charge is -2.01. The van der Waals surface area contributed by atoms with Crippen molar-refractivity contribution < 1.29 is 9.90 Å². The quantitative estimate of drug-likeness (QED) is 0.754. The molecule has 0 saturated heterocycles. The molecule has 1 heterocycles. The van der Waals surface area contributed by atoms with Gasteiger partial charge in [-0.2, -0.15) is 0 Å². The number of nitrogens with one attached hydrogen (secondary N) is 1. The first-order valence-electron chi connectivity index (χ1n) is 2.91. The maximum absolute atomic E-state index is 10.2. The van der Waals surface area contributed by atoms with Gasteiger partial charge in [-0.3, -0.25) is 5.32 Å². The van der Waals surface area contributed by atoms with Crippen LogP contribution in [0.1, 0.15) is 0 Å². The molecule has 0 atom stereocenters. The molecule has 0 aliphatic heterocycles. The van der Waals surface area contributed by atoms with E-state index in [2.05, 4.69) is 26.2 Å². The maximum Gasteiger partial charge on any atom is 0.409 e. The Morgan fingerprint density at radius 3 is 2.83 bits per heavy atom. The van der Waals surface area contributed by atoms with E-state index in [1.54, 1.807) is 6.07 Å². The number of rotatable bonds is 1. The molecule has 4 nitrogen and oxygen atoms in total. The van der Waals surface area contributed by atoms with Crippen molar-refractivity contribution in [3.05, 3.63) is 21.9 Å². The van der Waals surface area contributed by atoms with Crippen molar-refractivity contribution >= 4 is 39.3 Å². The van der Waals surface area contributed by atoms with Crippen molar-refractivity contribution in [2.24, 2.45) is 0 Å². The highest BCUT2D eigenvalue weighted by Gasteiger charge is 2.04. The highest BCUT2D eigenvalue weighted by Crippen LogP contribution is 2.21. The summed E-state index contributed by atoms with van der Waals surface area (Å²) in [6, 6.07) is 3.12. The Bertz CT molecular complexity index is 318. The minimum absolute atomic E-state index is 0.117. The summed E-state index contributed by atoms with van der Waals surface area (Å²) in [5.41, 5.74) is 0.271. The zero-order valence-corrected chi connectivity index (χ0v) is 8.06. The average Bonchev–Trinajstić information content (AvgIpc) is 1.94. The summed E-state index contributed by atoms with van der Waals surface area (Å²) in [6.07, 6.45) is -1.17. The largest absolute Gasteiger partial charge is 0.465 e. The van der Waals surface area contributed by atoms with Gasteiger partial charge in [0.25, 0.3) is 0 Å². The predicted molar refractivity (Wildman–Crippen MR) is 48.6 cm³/mol. The van der Waals surface area contributed by atoms with Gasteiger partial charge in [-0.05, 0) is 28.1 Å². The first-order valence-corrected chi connectivity index (χ1v) is 4.08. The third-order valence-electron chi connectivity index (χ3n) is 1.06. The Hall–Kier alpha value is -0.810. The van der Waals surface area contributed by atoms with Gasteiger partial charge >= 0.3 is 6.09 Å². The van der Waals surface area contributed by atoms with Gasteiger partial charge in [-0.1, -0.05) is 11.6 Å². The molecule has 0 aliphatic rings. The molecule has 0 unspecified atom stereocenters. The van der Waals surface area contributed by atoms with Gasteiger partial charge in [-0.15, -0.1) is 0 Å². The molecule has 64 valence electrons. The van der Waals surface area contributed by atoms with Crippen LogP contribution >= 0.6 is 27.5 Å². The van der Waals surface area contributed by atoms with Gasteiger partial charge in [0.15, 0.2) is 5.15 Å². The van der Waals surface area contributed by atoms with Crippen molar-refractivity contribution in [2.75, 3.05) is 5.32 Å². The lowest BCUT2D eigenvalue weighted by Crippen LogP contribution is -2.07. The molecule has 1 aromatic rings. The van der Waals surface area contributed by atoms with E-state index in [9.17, 15) is 4.79 Å². The Labute approximate surface area is 81.7 Å². The molecule has 0 spiro atoms. The summed E-state index contributed by atoms with van der Waals surface area (Å²) in [6.45, 7) is 0. The van der Waals surface area contributed by atoms with Crippen LogP contribution in [-0.4, -0.2) is 16.2 Å². The topological polar surface area (TPSA) is 62.2 Å². The molecule has 0 aromatic carbocycles. The van der Waals surface area contributed by atoms with Gasteiger partial charge < -0.3 is 5.11 Å². The SMILES string of the molecule is O=C(O)Nc1ccc(Br)nc1Cl. The van der Waals surface area contributed by atoms with Crippen LogP contribution in [0.3, 0.4) is 0 Å². The Kier molecular flexibility index (Phi) is 2.88. The van der Waals surface area contributed by atoms with Crippen LogP contribution in [0.15, 0.2) is 16.7 Å². The smallest absolute Gasteiger partial charge is 0.409 e. The molecule has 12 heavy (non-hydrogen) atoms. The number of pyridine rings is 1. The lowest BCUT2D eigenvalue weighted by molar-refractivity contribution is 0.209. The summed E-state index contributed by atoms with van der Waals surface area (Å²) < 4.78 is 0.559. The third-order valence-corrected chi connectivity index (χ3v) is 1.79. The summed E-state index contributed by atoms with van der Waals surface area (Å²) >= 11 is 8.70. The number of anilines is 1. The van der Waals surface area contributed by atoms with Gasteiger partial charge in [0.1, 0.15) is 4.60 Å². The predicted octanol–water partition coefficient (Wildman–Crippen LogP) is 2.59. The maximum atomic E-state index is 10.2. The molecule has 0 fully saturated rings. The highest BCUT2D eigenvalue weighted by atomic mass is 79.9. The minimum Gasteiger partial charge on any atom is -0.465 e. The second-order valence-corrected chi connectivity index (χ2v) is 3.07. The fraction of sp³-hybridized carbons (Fsp3) is 0. The van der Waals surface area contributed by atoms with E-state index in [0.717, 1.165) is 0 Å². The molecule has 1 amide bonds. The zero-order valence-electron chi connectivity index (χ0n) is 5.71. The van der Waals surface area contributed by atoms with Crippen LogP contribution in [0, 0.1) is 0 Å². The fourth-order valence-corrected chi connectivity index (χ4v) is 1.23. The fourth-order valence-electron chi connectivity index (χ4n) is 0.621. The van der Waals surface area contributed by atoms with Crippen LogP contribution in [0.4, 0.5) is 10.5 Å². The molecule has 0 saturated carbocycles. The Morgan fingerprint density at radius 1 is 1.67 bits per heavy atom. The van der Waals surface area contributed by atoms with E-state index in [4.69, 9.17) is 16.7 Å². The number of carboxylic acid groups (broad SMARTS) is 1. The van der Waals surface area contributed by atoms with Crippen LogP contribution in [0.2, 0.25) is 5.15 Å². The lowest BCUT2D eigenvalue weighted by atomic mass is 10.4. The van der Waals surface area contributed by atoms with E-state index in [-0.39, 0.29) is 10.8 Å². The van der Waals surface area contributed by atoms with Gasteiger partial charge in [-0.25, -0.2) is 9.78 Å². The van der Waals surface area contributed by atoms with Gasteiger partial charge in [0.2, 0.25) is 0 Å². The molecule has 1 aromatic heterocycles. The first kappa shape index (κ1) is 9.28. The molecular formula is C6H4BrClN2O2. The number of carbonyl (C=O) groups is 1. The second kappa shape index (κ2) is 3.73. The van der Waals surface area contributed by atoms with Crippen molar-refractivity contribution in [1.82, 2.24) is 4.98 Å². The van der Waals surface area contributed by atoms with Crippen molar-refractivity contribution in [1.29, 1.82) is 0 Å². The third kappa shape index (κ3) is 2.35. The Morgan fingerprint density at radius 2 is 2.33 bits per heavy atom. The summed E-state index contributed by atoms with van der Waals surface area (Å²) in [5.74, 6) is 0. The first-order chi connectivity index (χ1) is 5.59. The van der Waals surface area contributed by atoms with Crippen LogP contribution in [0.5, 0.6) is 0 Å². The van der Waals surface area contributed by atoms with E-state index < -0.39 is 6.09 Å². The number of halogens is 2. The van der Waals surface area contributed by atoms with E-state index in [0.29, 0.717) is 4.60 Å². The highest BCUT2D eigenvalue weighted by molar-refractivity contribution is 9.10. The van der Waals surface area contributed by atoms with Crippen LogP contribution in [-0.2, 0) is 0 Å². The van der Waals surface area contributed by atoms with Crippen LogP contribution < -0.4 is 5.32 Å². The number of hydrogen-bond donors (Lipinski definition) is 2. The second-order valence-electron chi connectivity index (χ2n) is 1.90. The summed E-state index contributed by atoms with van der Waals surface area (Å²) in [4.78, 5) is 14.0. The molecule has 0 bridgehead atoms. The van der Waals surface area contributed by atoms with Gasteiger partial charge in [0, 0.05) is 0 Å². The van der Waals surface area contributed by atoms with E-state index in [1.165, 1.54) is 6.07 Å². The molecule has 1 rings (SSSR count). The molecule has 0 aliphatic carbocycles. The van der Waals surface area contributed by atoms with E-state index in [1.807, 2.05) is 0 Å². The monoisotopic (exact) mass is 250 g/mol. The average molecular weight is 251 g/mol. The summed E-state index contributed by atoms with van der Waals surface area (Å²) in [5, 5.41) is 10.6. The van der Waals surface area contributed by atoms with Crippen molar-refractivity contribution in [3.8, 4) is 0 Å². The standard InChI is InChI=1S/C6H4BrClN2O2/c7-4-2-1-3(5(8)10-4)9-6(11)12/h1-2,9H,(H,11,12). The number of aromatic nitrogens is 1. The normalized spacial score (nSPS) is 9.50. The minimum atomic E-state index is -1.17. The van der Waals surface area contributed by atoms with Crippen molar-refractivity contribution in [3.63, 3.8) is 0 Å². The number of hydrogen-bond acceptors (Lipinski definition) is 2. The number of nitrogens with zero attached hydrogens (tertiary/aromatic N) is 1. The molecular weight excluding hydrogens is 247 g/mol. The van der Waals surface area contributed by atoms with Crippen LogP contribution in [0.25, 0.3) is 0 Å². The molecule has 2 N–H and O–H groups in total. The van der Waals surface area contributed by atoms with E-state index >= 15 is 0 Å². The molecule has 0 radical (unpaired) electrons. The number of amides is 1. The van der Waals surface area contributed by atoms with Crippen molar-refractivity contribution in [2.45, 2.75) is 0 Å². The van der Waals surface area contributed by atoms with Gasteiger partial charge in [0.05, 0.1) is 5.69 Å². The Balaban J connectivity index is 2.93. The zero-order chi connectivity index (χ0) is 9.14.